The van der Waals surface area contributed by atoms with Crippen LogP contribution in [-0.4, -0.2) is 37.3 Å². The molecule has 0 amide bonds. The maximum atomic E-state index is 5.51. The highest BCUT2D eigenvalue weighted by Crippen LogP contribution is 2.34. The third-order valence-corrected chi connectivity index (χ3v) is 6.43. The molecule has 1 aliphatic carbocycles. The lowest BCUT2D eigenvalue weighted by Crippen LogP contribution is -2.44. The van der Waals surface area contributed by atoms with Gasteiger partial charge in [-0.2, -0.15) is 11.8 Å². The number of thioether (sulfide) groups is 1. The number of hydrogen-bond donors (Lipinski definition) is 1. The molecule has 1 aliphatic heterocycles. The monoisotopic (exact) mass is 283 g/mol. The second-order valence-electron chi connectivity index (χ2n) is 6.24. The molecule has 0 aromatic heterocycles. The van der Waals surface area contributed by atoms with Crippen LogP contribution in [0.2, 0.25) is 0 Å². The molecule has 2 rings (SSSR count). The lowest BCUT2D eigenvalue weighted by molar-refractivity contribution is 0.0769. The van der Waals surface area contributed by atoms with Gasteiger partial charge in [-0.1, -0.05) is 18.6 Å². The standard InChI is InChI=1S/C16H29NOS/c1-13-5-4-6-14(2)15(13)11-17-12-16(19-3)7-9-18-10-8-16/h5,14-15,17H,4,6-12H2,1-3H3. The third kappa shape index (κ3) is 3.99. The first-order valence-corrected chi connectivity index (χ1v) is 8.90. The van der Waals surface area contributed by atoms with E-state index in [2.05, 4.69) is 31.5 Å². The molecular formula is C16H29NOS. The Balaban J connectivity index is 1.81. The van der Waals surface area contributed by atoms with E-state index in [9.17, 15) is 0 Å². The molecule has 110 valence electrons. The van der Waals surface area contributed by atoms with Crippen molar-refractivity contribution in [1.29, 1.82) is 0 Å². The molecule has 0 saturated carbocycles. The normalized spacial score (nSPS) is 31.0. The molecule has 1 fully saturated rings. The van der Waals surface area contributed by atoms with Crippen molar-refractivity contribution in [3.05, 3.63) is 11.6 Å². The molecule has 1 saturated heterocycles. The minimum absolute atomic E-state index is 0.410. The summed E-state index contributed by atoms with van der Waals surface area (Å²) in [6.45, 7) is 8.85. The zero-order valence-corrected chi connectivity index (χ0v) is 13.5. The van der Waals surface area contributed by atoms with Gasteiger partial charge in [0.15, 0.2) is 0 Å². The summed E-state index contributed by atoms with van der Waals surface area (Å²) in [4.78, 5) is 0. The predicted molar refractivity (Wildman–Crippen MR) is 84.8 cm³/mol. The van der Waals surface area contributed by atoms with E-state index in [1.54, 1.807) is 5.57 Å². The molecule has 2 nitrogen and oxygen atoms in total. The SMILES string of the molecule is CSC1(CNCC2C(C)=CCCC2C)CCOCC1. The van der Waals surface area contributed by atoms with Crippen molar-refractivity contribution < 1.29 is 4.74 Å². The maximum absolute atomic E-state index is 5.51. The predicted octanol–water partition coefficient (Wildman–Crippen LogP) is 3.48. The molecule has 2 atom stereocenters. The summed E-state index contributed by atoms with van der Waals surface area (Å²) in [7, 11) is 0. The van der Waals surface area contributed by atoms with E-state index in [4.69, 9.17) is 4.74 Å². The van der Waals surface area contributed by atoms with Crippen LogP contribution in [0.3, 0.4) is 0 Å². The van der Waals surface area contributed by atoms with Gasteiger partial charge in [-0.15, -0.1) is 0 Å². The first-order chi connectivity index (χ1) is 9.17. The van der Waals surface area contributed by atoms with Crippen LogP contribution in [0.4, 0.5) is 0 Å². The molecule has 0 aromatic rings. The van der Waals surface area contributed by atoms with E-state index in [-0.39, 0.29) is 0 Å². The summed E-state index contributed by atoms with van der Waals surface area (Å²) < 4.78 is 5.92. The summed E-state index contributed by atoms with van der Waals surface area (Å²) >= 11 is 2.02. The van der Waals surface area contributed by atoms with E-state index in [1.807, 2.05) is 11.8 Å². The quantitative estimate of drug-likeness (QED) is 0.781. The number of hydrogen-bond acceptors (Lipinski definition) is 3. The molecule has 0 bridgehead atoms. The summed E-state index contributed by atoms with van der Waals surface area (Å²) in [5, 5.41) is 3.76. The van der Waals surface area contributed by atoms with Crippen molar-refractivity contribution >= 4 is 11.8 Å². The Morgan fingerprint density at radius 1 is 1.42 bits per heavy atom. The first kappa shape index (κ1) is 15.4. The van der Waals surface area contributed by atoms with Crippen molar-refractivity contribution in [2.75, 3.05) is 32.6 Å². The van der Waals surface area contributed by atoms with Crippen LogP contribution in [0.15, 0.2) is 11.6 Å². The lowest BCUT2D eigenvalue weighted by atomic mass is 9.80. The Hall–Kier alpha value is 0.01000. The fraction of sp³-hybridized carbons (Fsp3) is 0.875. The highest BCUT2D eigenvalue weighted by atomic mass is 32.2. The first-order valence-electron chi connectivity index (χ1n) is 7.67. The summed E-state index contributed by atoms with van der Waals surface area (Å²) in [5.74, 6) is 1.57. The van der Waals surface area contributed by atoms with Gasteiger partial charge in [0.1, 0.15) is 0 Å². The number of rotatable bonds is 5. The molecule has 1 heterocycles. The second kappa shape index (κ2) is 7.14. The molecule has 1 N–H and O–H groups in total. The van der Waals surface area contributed by atoms with Crippen molar-refractivity contribution in [3.63, 3.8) is 0 Å². The van der Waals surface area contributed by atoms with Crippen molar-refractivity contribution in [2.45, 2.75) is 44.3 Å². The van der Waals surface area contributed by atoms with Gasteiger partial charge in [0.05, 0.1) is 0 Å². The van der Waals surface area contributed by atoms with Gasteiger partial charge in [-0.25, -0.2) is 0 Å². The average molecular weight is 283 g/mol. The molecular weight excluding hydrogens is 254 g/mol. The van der Waals surface area contributed by atoms with E-state index < -0.39 is 0 Å². The topological polar surface area (TPSA) is 21.3 Å². The largest absolute Gasteiger partial charge is 0.381 e. The average Bonchev–Trinajstić information content (AvgIpc) is 2.43. The van der Waals surface area contributed by atoms with E-state index in [0.29, 0.717) is 4.75 Å². The van der Waals surface area contributed by atoms with Crippen molar-refractivity contribution in [3.8, 4) is 0 Å². The van der Waals surface area contributed by atoms with Crippen LogP contribution in [0.5, 0.6) is 0 Å². The molecule has 3 heteroatoms. The van der Waals surface area contributed by atoms with Gasteiger partial charge in [0.2, 0.25) is 0 Å². The molecule has 0 radical (unpaired) electrons. The Kier molecular flexibility index (Phi) is 5.79. The minimum atomic E-state index is 0.410. The second-order valence-corrected chi connectivity index (χ2v) is 7.51. The van der Waals surface area contributed by atoms with Gasteiger partial charge >= 0.3 is 0 Å². The Morgan fingerprint density at radius 2 is 2.16 bits per heavy atom. The number of ether oxygens (including phenoxy) is 1. The van der Waals surface area contributed by atoms with Crippen LogP contribution in [0.1, 0.15) is 39.5 Å². The molecule has 2 unspecified atom stereocenters. The minimum Gasteiger partial charge on any atom is -0.381 e. The lowest BCUT2D eigenvalue weighted by Gasteiger charge is -2.37. The highest BCUT2D eigenvalue weighted by Gasteiger charge is 2.32. The maximum Gasteiger partial charge on any atom is 0.0479 e. The molecule has 2 aliphatic rings. The third-order valence-electron chi connectivity index (χ3n) is 5.01. The molecule has 0 aromatic carbocycles. The fourth-order valence-corrected chi connectivity index (χ4v) is 4.21. The van der Waals surface area contributed by atoms with Crippen LogP contribution in [-0.2, 0) is 4.74 Å². The van der Waals surface area contributed by atoms with Crippen LogP contribution in [0.25, 0.3) is 0 Å². The van der Waals surface area contributed by atoms with E-state index >= 15 is 0 Å². The van der Waals surface area contributed by atoms with Crippen molar-refractivity contribution in [2.24, 2.45) is 11.8 Å². The Labute approximate surface area is 122 Å². The van der Waals surface area contributed by atoms with Gasteiger partial charge in [-0.05, 0) is 50.7 Å². The van der Waals surface area contributed by atoms with E-state index in [0.717, 1.165) is 38.1 Å². The fourth-order valence-electron chi connectivity index (χ4n) is 3.39. The number of allylic oxidation sites excluding steroid dienone is 1. The van der Waals surface area contributed by atoms with Crippen LogP contribution < -0.4 is 5.32 Å². The zero-order valence-electron chi connectivity index (χ0n) is 12.7. The van der Waals surface area contributed by atoms with Crippen LogP contribution in [0, 0.1) is 11.8 Å². The Bertz CT molecular complexity index is 310. The van der Waals surface area contributed by atoms with Crippen LogP contribution >= 0.6 is 11.8 Å². The number of nitrogens with one attached hydrogen (secondary N) is 1. The highest BCUT2D eigenvalue weighted by molar-refractivity contribution is 8.00. The summed E-state index contributed by atoms with van der Waals surface area (Å²) in [6, 6.07) is 0. The van der Waals surface area contributed by atoms with Gasteiger partial charge in [0, 0.05) is 31.1 Å². The van der Waals surface area contributed by atoms with Gasteiger partial charge in [0.25, 0.3) is 0 Å². The van der Waals surface area contributed by atoms with Gasteiger partial charge < -0.3 is 10.1 Å². The summed E-state index contributed by atoms with van der Waals surface area (Å²) in [5.41, 5.74) is 1.59. The van der Waals surface area contributed by atoms with Gasteiger partial charge in [-0.3, -0.25) is 0 Å². The molecule has 0 spiro atoms. The summed E-state index contributed by atoms with van der Waals surface area (Å²) in [6.07, 6.45) is 9.69. The molecule has 19 heavy (non-hydrogen) atoms. The Morgan fingerprint density at radius 3 is 2.79 bits per heavy atom. The van der Waals surface area contributed by atoms with Crippen molar-refractivity contribution in [1.82, 2.24) is 5.32 Å². The van der Waals surface area contributed by atoms with E-state index in [1.165, 1.54) is 25.7 Å². The zero-order chi connectivity index (χ0) is 13.7. The smallest absolute Gasteiger partial charge is 0.0479 e.